The zero-order chi connectivity index (χ0) is 14.1. The maximum Gasteiger partial charge on any atom is 0.0731 e. The number of ether oxygens (including phenoxy) is 1. The van der Waals surface area contributed by atoms with Crippen molar-refractivity contribution < 1.29 is 4.74 Å². The summed E-state index contributed by atoms with van der Waals surface area (Å²) in [5, 5.41) is 0.788. The number of morpholine rings is 1. The Labute approximate surface area is 133 Å². The summed E-state index contributed by atoms with van der Waals surface area (Å²) in [5.74, 6) is 0. The smallest absolute Gasteiger partial charge is 0.0731 e. The van der Waals surface area contributed by atoms with E-state index in [0.717, 1.165) is 28.2 Å². The molecule has 1 aromatic carbocycles. The summed E-state index contributed by atoms with van der Waals surface area (Å²) in [6, 6.07) is 6.76. The van der Waals surface area contributed by atoms with Crippen LogP contribution in [-0.4, -0.2) is 36.7 Å². The van der Waals surface area contributed by atoms with Gasteiger partial charge in [0.25, 0.3) is 0 Å². The van der Waals surface area contributed by atoms with Crippen LogP contribution >= 0.6 is 27.5 Å². The van der Waals surface area contributed by atoms with Gasteiger partial charge in [0, 0.05) is 34.7 Å². The minimum Gasteiger partial charge on any atom is -0.375 e. The van der Waals surface area contributed by atoms with E-state index in [1.165, 1.54) is 19.3 Å². The summed E-state index contributed by atoms with van der Waals surface area (Å²) in [4.78, 5) is 2.51. The number of hydrogen-bond donors (Lipinski definition) is 1. The lowest BCUT2D eigenvalue weighted by Gasteiger charge is -2.42. The highest BCUT2D eigenvalue weighted by Gasteiger charge is 2.39. The van der Waals surface area contributed by atoms with Gasteiger partial charge in [-0.05, 0) is 37.0 Å². The van der Waals surface area contributed by atoms with Crippen LogP contribution in [0.3, 0.4) is 0 Å². The van der Waals surface area contributed by atoms with Gasteiger partial charge in [-0.1, -0.05) is 33.6 Å². The molecule has 1 aromatic rings. The Morgan fingerprint density at radius 2 is 2.30 bits per heavy atom. The van der Waals surface area contributed by atoms with Gasteiger partial charge < -0.3 is 10.5 Å². The molecular weight excluding hydrogens is 340 g/mol. The molecule has 0 bridgehead atoms. The van der Waals surface area contributed by atoms with E-state index in [2.05, 4.69) is 26.9 Å². The van der Waals surface area contributed by atoms with Crippen LogP contribution in [0.5, 0.6) is 0 Å². The normalized spacial score (nSPS) is 28.4. The van der Waals surface area contributed by atoms with E-state index in [9.17, 15) is 0 Å². The monoisotopic (exact) mass is 358 g/mol. The zero-order valence-corrected chi connectivity index (χ0v) is 13.7. The van der Waals surface area contributed by atoms with E-state index < -0.39 is 0 Å². The Hall–Kier alpha value is -0.130. The molecular formula is C15H20BrClN2O. The van der Waals surface area contributed by atoms with Crippen LogP contribution in [0.2, 0.25) is 5.02 Å². The minimum atomic E-state index is 0.185. The van der Waals surface area contributed by atoms with Crippen molar-refractivity contribution in [3.63, 3.8) is 0 Å². The fourth-order valence-electron chi connectivity index (χ4n) is 3.56. The van der Waals surface area contributed by atoms with Gasteiger partial charge in [0.05, 0.1) is 12.7 Å². The first-order valence-corrected chi connectivity index (χ1v) is 8.40. The number of hydrogen-bond acceptors (Lipinski definition) is 3. The lowest BCUT2D eigenvalue weighted by Crippen LogP contribution is -2.51. The predicted molar refractivity (Wildman–Crippen MR) is 85.0 cm³/mol. The SMILES string of the molecule is NCC(c1ccc(Br)cc1Cl)N1CCOC2CCCC21. The van der Waals surface area contributed by atoms with Gasteiger partial charge in [0.1, 0.15) is 0 Å². The summed E-state index contributed by atoms with van der Waals surface area (Å²) < 4.78 is 6.89. The Bertz CT molecular complexity index is 485. The quantitative estimate of drug-likeness (QED) is 0.899. The predicted octanol–water partition coefficient (Wildman–Crippen LogP) is 3.36. The highest BCUT2D eigenvalue weighted by molar-refractivity contribution is 9.10. The number of rotatable bonds is 3. The van der Waals surface area contributed by atoms with Crippen LogP contribution in [0.1, 0.15) is 30.9 Å². The van der Waals surface area contributed by atoms with E-state index in [4.69, 9.17) is 22.1 Å². The fourth-order valence-corrected chi connectivity index (χ4v) is 4.35. The molecule has 1 heterocycles. The van der Waals surface area contributed by atoms with Gasteiger partial charge in [-0.25, -0.2) is 0 Å². The van der Waals surface area contributed by atoms with Gasteiger partial charge in [-0.3, -0.25) is 4.90 Å². The van der Waals surface area contributed by atoms with E-state index >= 15 is 0 Å². The maximum atomic E-state index is 6.42. The molecule has 3 rings (SSSR count). The maximum absolute atomic E-state index is 6.42. The first-order valence-electron chi connectivity index (χ1n) is 7.23. The van der Waals surface area contributed by atoms with Gasteiger partial charge in [0.15, 0.2) is 0 Å². The van der Waals surface area contributed by atoms with Crippen molar-refractivity contribution >= 4 is 27.5 Å². The largest absolute Gasteiger partial charge is 0.375 e. The van der Waals surface area contributed by atoms with E-state index in [1.807, 2.05) is 12.1 Å². The molecule has 1 saturated heterocycles. The topological polar surface area (TPSA) is 38.5 Å². The molecule has 0 aromatic heterocycles. The molecule has 0 spiro atoms. The van der Waals surface area contributed by atoms with Crippen molar-refractivity contribution in [2.45, 2.75) is 37.5 Å². The summed E-state index contributed by atoms with van der Waals surface area (Å²) in [6.45, 7) is 2.33. The fraction of sp³-hybridized carbons (Fsp3) is 0.600. The van der Waals surface area contributed by atoms with Crippen LogP contribution in [-0.2, 0) is 4.74 Å². The second kappa shape index (κ2) is 6.32. The number of nitrogens with two attached hydrogens (primary N) is 1. The van der Waals surface area contributed by atoms with Crippen molar-refractivity contribution in [2.24, 2.45) is 5.73 Å². The Kier molecular flexibility index (Phi) is 4.68. The molecule has 1 saturated carbocycles. The van der Waals surface area contributed by atoms with Crippen molar-refractivity contribution in [3.8, 4) is 0 Å². The lowest BCUT2D eigenvalue weighted by molar-refractivity contribution is -0.0711. The third-order valence-electron chi connectivity index (χ3n) is 4.47. The first-order chi connectivity index (χ1) is 9.70. The standard InChI is InChI=1S/C15H20BrClN2O/c16-10-4-5-11(12(17)8-10)14(9-18)19-6-7-20-15-3-1-2-13(15)19/h4-5,8,13-15H,1-3,6-7,9,18H2. The summed E-state index contributed by atoms with van der Waals surface area (Å²) in [6.07, 6.45) is 4.01. The molecule has 3 unspecified atom stereocenters. The third-order valence-corrected chi connectivity index (χ3v) is 5.29. The van der Waals surface area contributed by atoms with Crippen LogP contribution in [0.15, 0.2) is 22.7 Å². The van der Waals surface area contributed by atoms with Crippen molar-refractivity contribution in [3.05, 3.63) is 33.3 Å². The molecule has 2 aliphatic rings. The van der Waals surface area contributed by atoms with Gasteiger partial charge in [-0.15, -0.1) is 0 Å². The molecule has 3 nitrogen and oxygen atoms in total. The summed E-state index contributed by atoms with van der Waals surface area (Å²) in [7, 11) is 0. The average Bonchev–Trinajstić information content (AvgIpc) is 2.91. The molecule has 1 aliphatic heterocycles. The Morgan fingerprint density at radius 1 is 1.45 bits per heavy atom. The molecule has 110 valence electrons. The number of nitrogens with zero attached hydrogens (tertiary/aromatic N) is 1. The van der Waals surface area contributed by atoms with Crippen LogP contribution in [0.25, 0.3) is 0 Å². The molecule has 0 amide bonds. The van der Waals surface area contributed by atoms with Crippen molar-refractivity contribution in [1.29, 1.82) is 0 Å². The first kappa shape index (κ1) is 14.8. The van der Waals surface area contributed by atoms with E-state index in [1.54, 1.807) is 0 Å². The van der Waals surface area contributed by atoms with Crippen LogP contribution in [0.4, 0.5) is 0 Å². The highest BCUT2D eigenvalue weighted by Crippen LogP contribution is 2.37. The van der Waals surface area contributed by atoms with Gasteiger partial charge in [-0.2, -0.15) is 0 Å². The summed E-state index contributed by atoms with van der Waals surface area (Å²) >= 11 is 9.88. The zero-order valence-electron chi connectivity index (χ0n) is 11.4. The Balaban J connectivity index is 1.88. The molecule has 0 radical (unpaired) electrons. The lowest BCUT2D eigenvalue weighted by atomic mass is 10.0. The number of fused-ring (bicyclic) bond motifs is 1. The second-order valence-corrected chi connectivity index (χ2v) is 6.89. The third kappa shape index (κ3) is 2.77. The summed E-state index contributed by atoms with van der Waals surface area (Å²) in [5.41, 5.74) is 7.20. The Morgan fingerprint density at radius 3 is 3.05 bits per heavy atom. The van der Waals surface area contributed by atoms with Crippen LogP contribution in [0, 0.1) is 0 Å². The second-order valence-electron chi connectivity index (χ2n) is 5.56. The van der Waals surface area contributed by atoms with Gasteiger partial charge in [0.2, 0.25) is 0 Å². The molecule has 1 aliphatic carbocycles. The number of halogens is 2. The van der Waals surface area contributed by atoms with Crippen LogP contribution < -0.4 is 5.73 Å². The van der Waals surface area contributed by atoms with Crippen molar-refractivity contribution in [2.75, 3.05) is 19.7 Å². The molecule has 2 N–H and O–H groups in total. The molecule has 2 fully saturated rings. The van der Waals surface area contributed by atoms with Gasteiger partial charge >= 0.3 is 0 Å². The average molecular weight is 360 g/mol. The van der Waals surface area contributed by atoms with E-state index in [-0.39, 0.29) is 6.04 Å². The van der Waals surface area contributed by atoms with E-state index in [0.29, 0.717) is 18.7 Å². The molecule has 3 atom stereocenters. The highest BCUT2D eigenvalue weighted by atomic mass is 79.9. The molecule has 5 heteroatoms. The molecule has 20 heavy (non-hydrogen) atoms. The number of benzene rings is 1. The minimum absolute atomic E-state index is 0.185. The van der Waals surface area contributed by atoms with Crippen molar-refractivity contribution in [1.82, 2.24) is 4.90 Å².